The van der Waals surface area contributed by atoms with Crippen LogP contribution in [0.25, 0.3) is 0 Å². The van der Waals surface area contributed by atoms with Gasteiger partial charge in [-0.3, -0.25) is 19.4 Å². The van der Waals surface area contributed by atoms with Gasteiger partial charge < -0.3 is 0 Å². The first-order valence-electron chi connectivity index (χ1n) is 9.46. The van der Waals surface area contributed by atoms with Crippen LogP contribution in [-0.2, 0) is 27.6 Å². The lowest BCUT2D eigenvalue weighted by molar-refractivity contribution is -0.149. The van der Waals surface area contributed by atoms with Gasteiger partial charge in [0.15, 0.2) is 0 Å². The molecular formula is C21H14ClF7N2O3. The van der Waals surface area contributed by atoms with Crippen molar-refractivity contribution < 1.29 is 45.1 Å². The molecule has 0 saturated carbocycles. The first-order chi connectivity index (χ1) is 15.6. The Balaban J connectivity index is 1.82. The highest BCUT2D eigenvalue weighted by Crippen LogP contribution is 2.36. The predicted octanol–water partition coefficient (Wildman–Crippen LogP) is 5.42. The van der Waals surface area contributed by atoms with Crippen LogP contribution in [0, 0.1) is 0 Å². The van der Waals surface area contributed by atoms with E-state index < -0.39 is 72.1 Å². The van der Waals surface area contributed by atoms with E-state index in [1.54, 1.807) is 0 Å². The average molecular weight is 511 g/mol. The molecule has 1 heterocycles. The number of carbonyl (C=O) groups excluding carboxylic acids is 3. The monoisotopic (exact) mass is 510 g/mol. The Bertz CT molecular complexity index is 1120. The molecule has 2 aromatic rings. The average Bonchev–Trinajstić information content (AvgIpc) is 2.74. The molecule has 182 valence electrons. The molecule has 34 heavy (non-hydrogen) atoms. The summed E-state index contributed by atoms with van der Waals surface area (Å²) < 4.78 is 96.7. The van der Waals surface area contributed by atoms with Crippen LogP contribution in [0.4, 0.5) is 35.5 Å². The second kappa shape index (κ2) is 8.90. The summed E-state index contributed by atoms with van der Waals surface area (Å²) in [5, 5.41) is -0.0542. The zero-order valence-electron chi connectivity index (χ0n) is 16.9. The highest BCUT2D eigenvalue weighted by molar-refractivity contribution is 6.30. The van der Waals surface area contributed by atoms with Crippen LogP contribution >= 0.6 is 11.6 Å². The van der Waals surface area contributed by atoms with Gasteiger partial charge in [0.05, 0.1) is 18.7 Å². The van der Waals surface area contributed by atoms with E-state index in [-0.39, 0.29) is 14.8 Å². The largest absolute Gasteiger partial charge is 0.416 e. The number of hydrogen-bond acceptors (Lipinski definition) is 3. The fraction of sp³-hybridized carbons (Fsp3) is 0.286. The summed E-state index contributed by atoms with van der Waals surface area (Å²) in [6.07, 6.45) is -5.90. The standard InChI is InChI=1S/C21H14ClF7N2O3/c22-15-3-1-2-14(8-15)20(25,26)11-31-17(33)9-16(32)30(18(31)34)10-19(23,24)12-4-6-13(7-5-12)21(27,28)29/h1-8H,9-11H2. The first-order valence-corrected chi connectivity index (χ1v) is 9.84. The van der Waals surface area contributed by atoms with E-state index in [2.05, 4.69) is 0 Å². The molecule has 1 aliphatic heterocycles. The number of halogens is 8. The zero-order valence-corrected chi connectivity index (χ0v) is 17.6. The summed E-state index contributed by atoms with van der Waals surface area (Å²) in [4.78, 5) is 36.7. The molecule has 0 bridgehead atoms. The smallest absolute Gasteiger partial charge is 0.274 e. The SMILES string of the molecule is O=C1CC(=O)N(CC(F)(F)c2cccc(Cl)c2)C(=O)N1CC(F)(F)c1ccc(C(F)(F)F)cc1. The Morgan fingerprint density at radius 1 is 0.706 bits per heavy atom. The molecule has 0 N–H and O–H groups in total. The number of nitrogens with zero attached hydrogens (tertiary/aromatic N) is 2. The molecule has 1 aliphatic rings. The Morgan fingerprint density at radius 3 is 1.65 bits per heavy atom. The van der Waals surface area contributed by atoms with E-state index in [1.165, 1.54) is 12.1 Å². The van der Waals surface area contributed by atoms with E-state index in [1.807, 2.05) is 0 Å². The van der Waals surface area contributed by atoms with Crippen molar-refractivity contribution in [2.24, 2.45) is 0 Å². The quantitative estimate of drug-likeness (QED) is 0.385. The fourth-order valence-corrected chi connectivity index (χ4v) is 3.38. The van der Waals surface area contributed by atoms with E-state index in [9.17, 15) is 45.1 Å². The van der Waals surface area contributed by atoms with Crippen molar-refractivity contribution in [1.82, 2.24) is 9.80 Å². The van der Waals surface area contributed by atoms with Crippen LogP contribution in [0.2, 0.25) is 5.02 Å². The number of imide groups is 2. The zero-order chi connectivity index (χ0) is 25.5. The van der Waals surface area contributed by atoms with Crippen molar-refractivity contribution in [1.29, 1.82) is 0 Å². The molecule has 3 rings (SSSR count). The summed E-state index contributed by atoms with van der Waals surface area (Å²) in [5.41, 5.74) is -2.80. The van der Waals surface area contributed by atoms with E-state index in [0.29, 0.717) is 24.3 Å². The Kier molecular flexibility index (Phi) is 6.66. The van der Waals surface area contributed by atoms with Gasteiger partial charge in [0, 0.05) is 16.1 Å². The molecule has 2 aromatic carbocycles. The van der Waals surface area contributed by atoms with Crippen molar-refractivity contribution in [3.8, 4) is 0 Å². The third-order valence-electron chi connectivity index (χ3n) is 4.96. The Hall–Kier alpha value is -3.15. The van der Waals surface area contributed by atoms with Crippen molar-refractivity contribution in [3.63, 3.8) is 0 Å². The molecule has 0 spiro atoms. The number of urea groups is 1. The van der Waals surface area contributed by atoms with Gasteiger partial charge in [-0.15, -0.1) is 0 Å². The third kappa shape index (κ3) is 5.32. The van der Waals surface area contributed by atoms with E-state index in [0.717, 1.165) is 12.1 Å². The molecule has 0 aliphatic carbocycles. The first kappa shape index (κ1) is 25.5. The predicted molar refractivity (Wildman–Crippen MR) is 104 cm³/mol. The molecule has 0 unspecified atom stereocenters. The molecule has 1 fully saturated rings. The molecule has 5 nitrogen and oxygen atoms in total. The van der Waals surface area contributed by atoms with Crippen LogP contribution in [0.1, 0.15) is 23.1 Å². The van der Waals surface area contributed by atoms with Crippen LogP contribution in [0.5, 0.6) is 0 Å². The number of amides is 4. The normalized spacial score (nSPS) is 15.8. The molecule has 13 heteroatoms. The molecule has 1 saturated heterocycles. The van der Waals surface area contributed by atoms with Crippen LogP contribution in [0.15, 0.2) is 48.5 Å². The number of carbonyl (C=O) groups is 3. The van der Waals surface area contributed by atoms with E-state index >= 15 is 0 Å². The lowest BCUT2D eigenvalue weighted by Gasteiger charge is -2.36. The van der Waals surface area contributed by atoms with Gasteiger partial charge in [-0.1, -0.05) is 35.9 Å². The minimum absolute atomic E-state index is 0.0227. The van der Waals surface area contributed by atoms with Crippen molar-refractivity contribution in [2.45, 2.75) is 24.4 Å². The molecule has 4 amide bonds. The lowest BCUT2D eigenvalue weighted by atomic mass is 10.0. The summed E-state index contributed by atoms with van der Waals surface area (Å²) >= 11 is 5.68. The minimum atomic E-state index is -4.78. The topological polar surface area (TPSA) is 57.7 Å². The van der Waals surface area contributed by atoms with Crippen molar-refractivity contribution in [3.05, 3.63) is 70.2 Å². The van der Waals surface area contributed by atoms with Crippen LogP contribution < -0.4 is 0 Å². The highest BCUT2D eigenvalue weighted by atomic mass is 35.5. The Morgan fingerprint density at radius 2 is 1.18 bits per heavy atom. The van der Waals surface area contributed by atoms with Crippen LogP contribution in [0.3, 0.4) is 0 Å². The van der Waals surface area contributed by atoms with Gasteiger partial charge in [0.25, 0.3) is 11.8 Å². The molecule has 0 atom stereocenters. The lowest BCUT2D eigenvalue weighted by Crippen LogP contribution is -2.59. The highest BCUT2D eigenvalue weighted by Gasteiger charge is 2.48. The second-order valence-electron chi connectivity index (χ2n) is 7.41. The summed E-state index contributed by atoms with van der Waals surface area (Å²) in [7, 11) is 0. The van der Waals surface area contributed by atoms with Crippen LogP contribution in [-0.4, -0.2) is 40.7 Å². The molecule has 0 radical (unpaired) electrons. The maximum Gasteiger partial charge on any atom is 0.416 e. The number of alkyl halides is 7. The maximum absolute atomic E-state index is 14.7. The van der Waals surface area contributed by atoms with Gasteiger partial charge >= 0.3 is 12.2 Å². The molecule has 0 aromatic heterocycles. The van der Waals surface area contributed by atoms with Gasteiger partial charge in [-0.05, 0) is 24.3 Å². The summed E-state index contributed by atoms with van der Waals surface area (Å²) in [5.74, 6) is -10.5. The number of rotatable bonds is 6. The van der Waals surface area contributed by atoms with Gasteiger partial charge in [-0.2, -0.15) is 30.7 Å². The number of barbiturate groups is 1. The minimum Gasteiger partial charge on any atom is -0.274 e. The van der Waals surface area contributed by atoms with Gasteiger partial charge in [-0.25, -0.2) is 4.79 Å². The number of hydrogen-bond donors (Lipinski definition) is 0. The maximum atomic E-state index is 14.7. The third-order valence-corrected chi connectivity index (χ3v) is 5.20. The van der Waals surface area contributed by atoms with Gasteiger partial charge in [0.1, 0.15) is 6.42 Å². The molecular weight excluding hydrogens is 497 g/mol. The van der Waals surface area contributed by atoms with Crippen molar-refractivity contribution in [2.75, 3.05) is 13.1 Å². The fourth-order valence-electron chi connectivity index (χ4n) is 3.19. The summed E-state index contributed by atoms with van der Waals surface area (Å²) in [6.45, 7) is -3.21. The summed E-state index contributed by atoms with van der Waals surface area (Å²) in [6, 6.07) is 4.40. The van der Waals surface area contributed by atoms with Crippen molar-refractivity contribution >= 4 is 29.4 Å². The van der Waals surface area contributed by atoms with E-state index in [4.69, 9.17) is 11.6 Å². The number of benzene rings is 2. The Labute approximate surface area is 192 Å². The second-order valence-corrected chi connectivity index (χ2v) is 7.85. The van der Waals surface area contributed by atoms with Gasteiger partial charge in [0.2, 0.25) is 11.8 Å².